The van der Waals surface area contributed by atoms with Gasteiger partial charge in [0.25, 0.3) is 5.91 Å². The molecule has 0 saturated heterocycles. The summed E-state index contributed by atoms with van der Waals surface area (Å²) in [7, 11) is 0. The topological polar surface area (TPSA) is 66.0 Å². The van der Waals surface area contributed by atoms with Gasteiger partial charge in [-0.25, -0.2) is 0 Å². The maximum absolute atomic E-state index is 11.5. The van der Waals surface area contributed by atoms with Crippen LogP contribution >= 0.6 is 12.2 Å². The third-order valence-electron chi connectivity index (χ3n) is 1.61. The maximum Gasteiger partial charge on any atom is 0.288 e. The normalized spacial score (nSPS) is 9.69. The Kier molecular flexibility index (Phi) is 4.65. The molecule has 0 radical (unpaired) electrons. The van der Waals surface area contributed by atoms with Crippen molar-refractivity contribution in [2.24, 2.45) is 0 Å². The summed E-state index contributed by atoms with van der Waals surface area (Å²) in [5, 5.41) is 3.31. The van der Waals surface area contributed by atoms with Gasteiger partial charge in [-0.2, -0.15) is 0 Å². The van der Waals surface area contributed by atoms with Gasteiger partial charge in [0.15, 0.2) is 5.11 Å². The van der Waals surface area contributed by atoms with Gasteiger partial charge in [0.05, 0.1) is 0 Å². The summed E-state index contributed by atoms with van der Waals surface area (Å²) in [5.74, 6) is -0.325. The summed E-state index contributed by atoms with van der Waals surface area (Å²) in [6, 6.07) is 5.32. The fourth-order valence-electron chi connectivity index (χ4n) is 0.973. The van der Waals surface area contributed by atoms with E-state index in [1.165, 1.54) is 0 Å². The number of carbonyl (C=O) groups excluding carboxylic acids is 1. The van der Waals surface area contributed by atoms with Crippen molar-refractivity contribution in [3.63, 3.8) is 0 Å². The maximum atomic E-state index is 11.5. The number of pyridine rings is 1. The van der Waals surface area contributed by atoms with Gasteiger partial charge in [0.1, 0.15) is 5.69 Å². The average molecular weight is 238 g/mol. The van der Waals surface area contributed by atoms with Crippen LogP contribution in [0.1, 0.15) is 24.3 Å². The predicted octanol–water partition coefficient (Wildman–Crippen LogP) is 0.599. The molecule has 5 nitrogen and oxygen atoms in total. The minimum Gasteiger partial charge on any atom is -0.359 e. The minimum absolute atomic E-state index is 0.215. The van der Waals surface area contributed by atoms with Gasteiger partial charge in [0, 0.05) is 12.2 Å². The highest BCUT2D eigenvalue weighted by Crippen LogP contribution is 1.91. The molecule has 1 aromatic rings. The van der Waals surface area contributed by atoms with Crippen molar-refractivity contribution in [3.05, 3.63) is 30.1 Å². The highest BCUT2D eigenvalue weighted by Gasteiger charge is 2.05. The van der Waals surface area contributed by atoms with Gasteiger partial charge < -0.3 is 5.32 Å². The van der Waals surface area contributed by atoms with Crippen molar-refractivity contribution in [2.75, 3.05) is 0 Å². The molecule has 0 spiro atoms. The van der Waals surface area contributed by atoms with Gasteiger partial charge in [-0.15, -0.1) is 0 Å². The van der Waals surface area contributed by atoms with Crippen LogP contribution in [-0.4, -0.2) is 22.0 Å². The molecule has 0 aliphatic carbocycles. The first-order chi connectivity index (χ1) is 7.59. The highest BCUT2D eigenvalue weighted by molar-refractivity contribution is 7.80. The molecule has 0 unspecified atom stereocenters. The summed E-state index contributed by atoms with van der Waals surface area (Å²) in [6.45, 7) is 3.91. The number of nitrogens with one attached hydrogen (secondary N) is 3. The largest absolute Gasteiger partial charge is 0.359 e. The molecule has 0 fully saturated rings. The molecule has 0 aromatic carbocycles. The Balaban J connectivity index is 2.39. The Morgan fingerprint density at radius 1 is 1.38 bits per heavy atom. The number of hydrazine groups is 1. The molecular formula is C10H14N4OS. The van der Waals surface area contributed by atoms with Crippen LogP contribution in [0.2, 0.25) is 0 Å². The molecule has 3 N–H and O–H groups in total. The molecular weight excluding hydrogens is 224 g/mol. The van der Waals surface area contributed by atoms with Crippen molar-refractivity contribution >= 4 is 23.2 Å². The second-order valence-electron chi connectivity index (χ2n) is 3.42. The summed E-state index contributed by atoms with van der Waals surface area (Å²) < 4.78 is 0. The van der Waals surface area contributed by atoms with Crippen LogP contribution in [0.25, 0.3) is 0 Å². The smallest absolute Gasteiger partial charge is 0.288 e. The number of thiocarbonyl (C=S) groups is 1. The average Bonchev–Trinajstić information content (AvgIpc) is 2.26. The van der Waals surface area contributed by atoms with Crippen molar-refractivity contribution < 1.29 is 4.79 Å². The predicted molar refractivity (Wildman–Crippen MR) is 65.7 cm³/mol. The Bertz CT molecular complexity index is 366. The molecule has 0 atom stereocenters. The lowest BCUT2D eigenvalue weighted by atomic mass is 10.3. The van der Waals surface area contributed by atoms with Gasteiger partial charge in [-0.3, -0.25) is 20.6 Å². The highest BCUT2D eigenvalue weighted by atomic mass is 32.1. The van der Waals surface area contributed by atoms with Gasteiger partial charge in [-0.1, -0.05) is 6.07 Å². The zero-order chi connectivity index (χ0) is 12.0. The first-order valence-electron chi connectivity index (χ1n) is 4.87. The number of aromatic nitrogens is 1. The van der Waals surface area contributed by atoms with Gasteiger partial charge in [-0.05, 0) is 38.2 Å². The zero-order valence-corrected chi connectivity index (χ0v) is 9.97. The van der Waals surface area contributed by atoms with E-state index in [2.05, 4.69) is 21.2 Å². The van der Waals surface area contributed by atoms with Gasteiger partial charge in [0.2, 0.25) is 0 Å². The molecule has 6 heteroatoms. The Morgan fingerprint density at radius 3 is 2.69 bits per heavy atom. The molecule has 0 aliphatic heterocycles. The minimum atomic E-state index is -0.325. The van der Waals surface area contributed by atoms with Crippen molar-refractivity contribution in [3.8, 4) is 0 Å². The number of rotatable bonds is 2. The fourth-order valence-corrected chi connectivity index (χ4v) is 1.26. The lowest BCUT2D eigenvalue weighted by molar-refractivity contribution is 0.0938. The summed E-state index contributed by atoms with van der Waals surface area (Å²) >= 11 is 4.94. The number of hydrogen-bond donors (Lipinski definition) is 3. The number of amides is 1. The van der Waals surface area contributed by atoms with Crippen LogP contribution in [0.4, 0.5) is 0 Å². The van der Waals surface area contributed by atoms with E-state index in [0.29, 0.717) is 10.8 Å². The molecule has 1 rings (SSSR count). The molecule has 16 heavy (non-hydrogen) atoms. The Labute approximate surface area is 99.6 Å². The van der Waals surface area contributed by atoms with Crippen LogP contribution in [-0.2, 0) is 0 Å². The third-order valence-corrected chi connectivity index (χ3v) is 1.83. The third kappa shape index (κ3) is 4.22. The molecule has 0 saturated carbocycles. The Hall–Kier alpha value is -1.69. The quantitative estimate of drug-likeness (QED) is 0.520. The fraction of sp³-hybridized carbons (Fsp3) is 0.300. The van der Waals surface area contributed by atoms with Crippen LogP contribution in [0, 0.1) is 0 Å². The summed E-state index contributed by atoms with van der Waals surface area (Å²) in [4.78, 5) is 15.4. The van der Waals surface area contributed by atoms with Gasteiger partial charge >= 0.3 is 0 Å². The van der Waals surface area contributed by atoms with E-state index in [4.69, 9.17) is 12.2 Å². The van der Waals surface area contributed by atoms with E-state index in [0.717, 1.165) is 0 Å². The number of nitrogens with zero attached hydrogens (tertiary/aromatic N) is 1. The molecule has 0 bridgehead atoms. The monoisotopic (exact) mass is 238 g/mol. The number of carbonyl (C=O) groups is 1. The zero-order valence-electron chi connectivity index (χ0n) is 9.15. The Morgan fingerprint density at radius 2 is 2.12 bits per heavy atom. The van der Waals surface area contributed by atoms with E-state index in [1.54, 1.807) is 24.4 Å². The van der Waals surface area contributed by atoms with Crippen LogP contribution in [0.3, 0.4) is 0 Å². The standard InChI is InChI=1S/C10H14N4OS/c1-7(2)12-10(16)14-13-9(15)8-5-3-4-6-11-8/h3-7H,1-2H3,(H,13,15)(H2,12,14,16). The summed E-state index contributed by atoms with van der Waals surface area (Å²) in [6.07, 6.45) is 1.56. The van der Waals surface area contributed by atoms with E-state index < -0.39 is 0 Å². The SMILES string of the molecule is CC(C)NC(=S)NNC(=O)c1ccccn1. The lowest BCUT2D eigenvalue weighted by Gasteiger charge is -2.13. The van der Waals surface area contributed by atoms with Crippen molar-refractivity contribution in [1.82, 2.24) is 21.2 Å². The van der Waals surface area contributed by atoms with Crippen LogP contribution in [0.15, 0.2) is 24.4 Å². The van der Waals surface area contributed by atoms with E-state index >= 15 is 0 Å². The van der Waals surface area contributed by atoms with Crippen molar-refractivity contribution in [2.45, 2.75) is 19.9 Å². The first-order valence-corrected chi connectivity index (χ1v) is 5.28. The molecule has 1 aromatic heterocycles. The van der Waals surface area contributed by atoms with E-state index in [-0.39, 0.29) is 11.9 Å². The molecule has 86 valence electrons. The second kappa shape index (κ2) is 6.02. The van der Waals surface area contributed by atoms with E-state index in [1.807, 2.05) is 13.8 Å². The van der Waals surface area contributed by atoms with Crippen LogP contribution < -0.4 is 16.2 Å². The van der Waals surface area contributed by atoms with Crippen molar-refractivity contribution in [1.29, 1.82) is 0 Å². The molecule has 0 aliphatic rings. The van der Waals surface area contributed by atoms with E-state index in [9.17, 15) is 4.79 Å². The summed E-state index contributed by atoms with van der Waals surface area (Å²) in [5.41, 5.74) is 5.38. The first kappa shape index (κ1) is 12.4. The number of hydrogen-bond acceptors (Lipinski definition) is 3. The second-order valence-corrected chi connectivity index (χ2v) is 3.83. The molecule has 1 amide bonds. The lowest BCUT2D eigenvalue weighted by Crippen LogP contribution is -2.48. The van der Waals surface area contributed by atoms with Crippen LogP contribution in [0.5, 0.6) is 0 Å². The molecule has 1 heterocycles.